The van der Waals surface area contributed by atoms with Crippen molar-refractivity contribution in [1.29, 1.82) is 0 Å². The Balaban J connectivity index is 2.25. The lowest BCUT2D eigenvalue weighted by Crippen LogP contribution is -2.00. The molecule has 3 nitrogen and oxygen atoms in total. The summed E-state index contributed by atoms with van der Waals surface area (Å²) in [4.78, 5) is 4.04. The van der Waals surface area contributed by atoms with Gasteiger partial charge in [-0.2, -0.15) is 0 Å². The molecular weight excluding hydrogens is 226 g/mol. The maximum Gasteiger partial charge on any atom is 0.219 e. The highest BCUT2D eigenvalue weighted by atomic mass is 19.1. The fourth-order valence-corrected chi connectivity index (χ4v) is 1.30. The molecule has 1 aromatic carbocycles. The van der Waals surface area contributed by atoms with E-state index in [1.807, 2.05) is 0 Å². The van der Waals surface area contributed by atoms with Crippen molar-refractivity contribution >= 4 is 0 Å². The number of hydrogen-bond acceptors (Lipinski definition) is 3. The molecule has 2 aromatic rings. The molecule has 0 bridgehead atoms. The highest BCUT2D eigenvalue weighted by molar-refractivity contribution is 5.29. The van der Waals surface area contributed by atoms with Gasteiger partial charge in [0.25, 0.3) is 0 Å². The summed E-state index contributed by atoms with van der Waals surface area (Å²) in [5.41, 5.74) is 6.05. The van der Waals surface area contributed by atoms with Gasteiger partial charge < -0.3 is 10.5 Å². The minimum absolute atomic E-state index is 0.0759. The van der Waals surface area contributed by atoms with Gasteiger partial charge in [-0.25, -0.2) is 13.8 Å². The summed E-state index contributed by atoms with van der Waals surface area (Å²) in [5, 5.41) is 0. The van der Waals surface area contributed by atoms with Crippen LogP contribution in [-0.4, -0.2) is 4.98 Å². The fraction of sp³-hybridized carbons (Fsp3) is 0.0833. The zero-order valence-corrected chi connectivity index (χ0v) is 8.86. The molecule has 0 aliphatic carbocycles. The number of benzene rings is 1. The summed E-state index contributed by atoms with van der Waals surface area (Å²) >= 11 is 0. The van der Waals surface area contributed by atoms with Crippen molar-refractivity contribution < 1.29 is 13.5 Å². The van der Waals surface area contributed by atoms with Crippen LogP contribution in [0, 0.1) is 11.6 Å². The van der Waals surface area contributed by atoms with Crippen LogP contribution < -0.4 is 10.5 Å². The molecule has 1 aromatic heterocycles. The molecule has 0 aliphatic heterocycles. The number of pyridine rings is 1. The minimum atomic E-state index is -0.773. The van der Waals surface area contributed by atoms with E-state index in [2.05, 4.69) is 4.98 Å². The number of ether oxygens (including phenoxy) is 1. The minimum Gasteiger partial charge on any atom is -0.436 e. The second-order valence-electron chi connectivity index (χ2n) is 3.35. The van der Waals surface area contributed by atoms with Crippen molar-refractivity contribution in [2.75, 3.05) is 0 Å². The highest BCUT2D eigenvalue weighted by Gasteiger charge is 2.07. The first-order valence-electron chi connectivity index (χ1n) is 4.98. The van der Waals surface area contributed by atoms with Crippen LogP contribution >= 0.6 is 0 Å². The molecule has 0 fully saturated rings. The predicted octanol–water partition coefficient (Wildman–Crippen LogP) is 2.61. The Kier molecular flexibility index (Phi) is 3.30. The molecule has 17 heavy (non-hydrogen) atoms. The van der Waals surface area contributed by atoms with Crippen molar-refractivity contribution in [3.8, 4) is 11.6 Å². The Morgan fingerprint density at radius 1 is 1.18 bits per heavy atom. The van der Waals surface area contributed by atoms with Crippen LogP contribution in [0.1, 0.15) is 5.69 Å². The smallest absolute Gasteiger partial charge is 0.219 e. The second-order valence-corrected chi connectivity index (χ2v) is 3.35. The van der Waals surface area contributed by atoms with Crippen molar-refractivity contribution in [2.45, 2.75) is 6.54 Å². The van der Waals surface area contributed by atoms with Gasteiger partial charge in [0.2, 0.25) is 5.88 Å². The maximum absolute atomic E-state index is 13.3. The van der Waals surface area contributed by atoms with Gasteiger partial charge in [-0.3, -0.25) is 0 Å². The Labute approximate surface area is 96.9 Å². The number of nitrogens with zero attached hydrogens (tertiary/aromatic N) is 1. The molecule has 0 radical (unpaired) electrons. The van der Waals surface area contributed by atoms with E-state index in [-0.39, 0.29) is 18.2 Å². The van der Waals surface area contributed by atoms with E-state index in [1.54, 1.807) is 18.2 Å². The summed E-state index contributed by atoms with van der Waals surface area (Å²) in [7, 11) is 0. The van der Waals surface area contributed by atoms with Crippen LogP contribution in [-0.2, 0) is 6.54 Å². The average Bonchev–Trinajstić information content (AvgIpc) is 2.33. The van der Waals surface area contributed by atoms with E-state index in [9.17, 15) is 8.78 Å². The van der Waals surface area contributed by atoms with Crippen LogP contribution in [0.5, 0.6) is 11.6 Å². The molecule has 0 amide bonds. The summed E-state index contributed by atoms with van der Waals surface area (Å²) in [5.74, 6) is -1.28. The van der Waals surface area contributed by atoms with Gasteiger partial charge in [-0.05, 0) is 18.2 Å². The van der Waals surface area contributed by atoms with Crippen molar-refractivity contribution in [3.63, 3.8) is 0 Å². The van der Waals surface area contributed by atoms with Crippen LogP contribution in [0.2, 0.25) is 0 Å². The quantitative estimate of drug-likeness (QED) is 0.891. The number of aromatic nitrogens is 1. The first kappa shape index (κ1) is 11.5. The number of rotatable bonds is 3. The topological polar surface area (TPSA) is 48.1 Å². The molecular formula is C12H10F2N2O. The van der Waals surface area contributed by atoms with Crippen molar-refractivity contribution in [3.05, 3.63) is 53.7 Å². The van der Waals surface area contributed by atoms with Crippen molar-refractivity contribution in [2.24, 2.45) is 5.73 Å². The molecule has 0 atom stereocenters. The molecule has 0 saturated carbocycles. The Morgan fingerprint density at radius 3 is 2.71 bits per heavy atom. The van der Waals surface area contributed by atoms with E-state index in [1.165, 1.54) is 6.07 Å². The Morgan fingerprint density at radius 2 is 2.00 bits per heavy atom. The molecule has 0 saturated heterocycles. The van der Waals surface area contributed by atoms with E-state index < -0.39 is 11.6 Å². The van der Waals surface area contributed by atoms with Gasteiger partial charge in [0.1, 0.15) is 5.82 Å². The highest BCUT2D eigenvalue weighted by Crippen LogP contribution is 2.23. The first-order chi connectivity index (χ1) is 8.19. The largest absolute Gasteiger partial charge is 0.436 e. The zero-order valence-electron chi connectivity index (χ0n) is 8.86. The standard InChI is InChI=1S/C12H10F2N2O/c13-8-4-5-11(10(14)6-8)17-12-3-1-2-9(7-15)16-12/h1-6H,7,15H2. The summed E-state index contributed by atoms with van der Waals surface area (Å²) in [6, 6.07) is 8.08. The van der Waals surface area contributed by atoms with Gasteiger partial charge in [0, 0.05) is 18.7 Å². The summed E-state index contributed by atoms with van der Waals surface area (Å²) in [6.45, 7) is 0.267. The maximum atomic E-state index is 13.3. The lowest BCUT2D eigenvalue weighted by molar-refractivity contribution is 0.422. The van der Waals surface area contributed by atoms with Crippen LogP contribution in [0.15, 0.2) is 36.4 Å². The van der Waals surface area contributed by atoms with Crippen LogP contribution in [0.25, 0.3) is 0 Å². The van der Waals surface area contributed by atoms with Gasteiger partial charge >= 0.3 is 0 Å². The molecule has 88 valence electrons. The van der Waals surface area contributed by atoms with E-state index >= 15 is 0 Å². The Bertz CT molecular complexity index is 532. The normalized spacial score (nSPS) is 10.3. The lowest BCUT2D eigenvalue weighted by atomic mass is 10.3. The van der Waals surface area contributed by atoms with Crippen LogP contribution in [0.4, 0.5) is 8.78 Å². The molecule has 0 aliphatic rings. The third-order valence-corrected chi connectivity index (χ3v) is 2.10. The zero-order chi connectivity index (χ0) is 12.3. The molecule has 0 spiro atoms. The van der Waals surface area contributed by atoms with E-state index in [0.29, 0.717) is 5.69 Å². The Hall–Kier alpha value is -2.01. The molecule has 0 unspecified atom stereocenters. The summed E-state index contributed by atoms with van der Waals surface area (Å²) < 4.78 is 31.2. The number of nitrogens with two attached hydrogens (primary N) is 1. The molecule has 1 heterocycles. The fourth-order valence-electron chi connectivity index (χ4n) is 1.30. The van der Waals surface area contributed by atoms with E-state index in [0.717, 1.165) is 12.1 Å². The molecule has 5 heteroatoms. The molecule has 2 rings (SSSR count). The predicted molar refractivity (Wildman–Crippen MR) is 58.6 cm³/mol. The second kappa shape index (κ2) is 4.88. The molecule has 2 N–H and O–H groups in total. The lowest BCUT2D eigenvalue weighted by Gasteiger charge is -2.06. The average molecular weight is 236 g/mol. The third-order valence-electron chi connectivity index (χ3n) is 2.10. The van der Waals surface area contributed by atoms with E-state index in [4.69, 9.17) is 10.5 Å². The van der Waals surface area contributed by atoms with Crippen LogP contribution in [0.3, 0.4) is 0 Å². The monoisotopic (exact) mass is 236 g/mol. The van der Waals surface area contributed by atoms with Gasteiger partial charge in [0.05, 0.1) is 5.69 Å². The SMILES string of the molecule is NCc1cccc(Oc2ccc(F)cc2F)n1. The van der Waals surface area contributed by atoms with Gasteiger partial charge in [-0.1, -0.05) is 6.07 Å². The third kappa shape index (κ3) is 2.76. The van der Waals surface area contributed by atoms with Gasteiger partial charge in [0.15, 0.2) is 11.6 Å². The number of halogens is 2. The van der Waals surface area contributed by atoms with Gasteiger partial charge in [-0.15, -0.1) is 0 Å². The first-order valence-corrected chi connectivity index (χ1v) is 4.98. The summed E-state index contributed by atoms with van der Waals surface area (Å²) in [6.07, 6.45) is 0. The number of hydrogen-bond donors (Lipinski definition) is 1. The van der Waals surface area contributed by atoms with Crippen molar-refractivity contribution in [1.82, 2.24) is 4.98 Å².